The van der Waals surface area contributed by atoms with E-state index in [9.17, 15) is 24.3 Å². The van der Waals surface area contributed by atoms with E-state index in [4.69, 9.17) is 0 Å². The second kappa shape index (κ2) is 10.2. The van der Waals surface area contributed by atoms with E-state index in [1.54, 1.807) is 13.0 Å². The highest BCUT2D eigenvalue weighted by Crippen LogP contribution is 2.55. The number of para-hydroxylation sites is 1. The van der Waals surface area contributed by atoms with Crippen molar-refractivity contribution < 1.29 is 24.3 Å². The predicted molar refractivity (Wildman–Crippen MR) is 149 cm³/mol. The van der Waals surface area contributed by atoms with Gasteiger partial charge in [-0.3, -0.25) is 19.2 Å². The molecule has 1 spiro atoms. The molecule has 0 bridgehead atoms. The topological polar surface area (TPSA) is 116 Å². The molecule has 2 aliphatic carbocycles. The Morgan fingerprint density at radius 3 is 2.54 bits per heavy atom. The number of amides is 1. The molecule has 1 aromatic carbocycles. The fourth-order valence-electron chi connectivity index (χ4n) is 7.06. The van der Waals surface area contributed by atoms with Gasteiger partial charge in [-0.15, -0.1) is 0 Å². The number of aliphatic hydroxyl groups is 1. The van der Waals surface area contributed by atoms with Gasteiger partial charge >= 0.3 is 0 Å². The van der Waals surface area contributed by atoms with Crippen molar-refractivity contribution in [2.45, 2.75) is 65.5 Å². The molecule has 6 atom stereocenters. The number of aliphatic hydroxyl groups excluding tert-OH is 1. The van der Waals surface area contributed by atoms with Crippen molar-refractivity contribution in [1.82, 2.24) is 10.3 Å². The minimum atomic E-state index is -1.57. The number of carbonyl (C=O) groups excluding carboxylic acids is 4. The maximum absolute atomic E-state index is 14.2. The maximum atomic E-state index is 14.2. The molecule has 7 nitrogen and oxygen atoms in total. The smallest absolute Gasteiger partial charge is 0.235 e. The third kappa shape index (κ3) is 4.33. The molecule has 3 N–H and O–H groups in total. The van der Waals surface area contributed by atoms with Crippen molar-refractivity contribution in [2.75, 3.05) is 0 Å². The molecule has 5 rings (SSSR count). The van der Waals surface area contributed by atoms with E-state index in [-0.39, 0.29) is 24.8 Å². The van der Waals surface area contributed by atoms with Crippen molar-refractivity contribution in [3.8, 4) is 0 Å². The summed E-state index contributed by atoms with van der Waals surface area (Å²) in [6.45, 7) is 7.33. The van der Waals surface area contributed by atoms with Gasteiger partial charge in [0.25, 0.3) is 0 Å². The molecular formula is C32H36N2O5. The molecule has 0 radical (unpaired) electrons. The van der Waals surface area contributed by atoms with E-state index in [0.717, 1.165) is 27.6 Å². The maximum Gasteiger partial charge on any atom is 0.235 e. The third-order valence-corrected chi connectivity index (χ3v) is 9.14. The SMILES string of the molecule is CC1=C(C)[C@H]2[C@H](Cc3c[nH]c4ccccc34)NC(=O)[C@]23C(=O)CCC(=O)C(=O)/C(C)=C/[C@@H](C)C/C=C/[C@H]3[C@@H]1O. The van der Waals surface area contributed by atoms with Gasteiger partial charge in [0.15, 0.2) is 0 Å². The molecule has 39 heavy (non-hydrogen) atoms. The van der Waals surface area contributed by atoms with Crippen LogP contribution in [0.1, 0.15) is 52.5 Å². The van der Waals surface area contributed by atoms with E-state index < -0.39 is 46.6 Å². The van der Waals surface area contributed by atoms with Crippen LogP contribution in [0.2, 0.25) is 0 Å². The third-order valence-electron chi connectivity index (χ3n) is 9.14. The lowest BCUT2D eigenvalue weighted by molar-refractivity contribution is -0.148. The lowest BCUT2D eigenvalue weighted by Gasteiger charge is -2.46. The van der Waals surface area contributed by atoms with Crippen molar-refractivity contribution in [3.05, 3.63) is 71.0 Å². The van der Waals surface area contributed by atoms with Crippen molar-refractivity contribution in [3.63, 3.8) is 0 Å². The van der Waals surface area contributed by atoms with Crippen LogP contribution in [0.3, 0.4) is 0 Å². The van der Waals surface area contributed by atoms with Gasteiger partial charge in [0.05, 0.1) is 6.10 Å². The summed E-state index contributed by atoms with van der Waals surface area (Å²) in [6.07, 6.45) is 6.96. The zero-order valence-corrected chi connectivity index (χ0v) is 22.9. The number of allylic oxidation sites excluding steroid dienone is 3. The average Bonchev–Trinajstić information content (AvgIpc) is 3.45. The van der Waals surface area contributed by atoms with Crippen LogP contribution in [0.4, 0.5) is 0 Å². The van der Waals surface area contributed by atoms with Gasteiger partial charge in [-0.05, 0) is 62.3 Å². The first-order valence-corrected chi connectivity index (χ1v) is 13.7. The van der Waals surface area contributed by atoms with E-state index >= 15 is 0 Å². The average molecular weight is 529 g/mol. The Balaban J connectivity index is 1.62. The van der Waals surface area contributed by atoms with E-state index in [1.165, 1.54) is 0 Å². The number of fused-ring (bicyclic) bond motifs is 1. The molecule has 1 aliphatic heterocycles. The number of H-pyrrole nitrogens is 1. The summed E-state index contributed by atoms with van der Waals surface area (Å²) in [5, 5.41) is 15.7. The Bertz CT molecular complexity index is 1460. The molecule has 2 aromatic rings. The summed E-state index contributed by atoms with van der Waals surface area (Å²) in [6, 6.07) is 7.57. The standard InChI is InChI=1S/C32H36N2O5/c1-17-8-7-10-23-30(38)20(4)19(3)28-25(15-21-16-33-24-11-6-5-9-22(21)24)34-31(39)32(23,28)27(36)13-12-26(35)29(37)18(2)14-17/h5-7,9-11,14,16-17,23,25,28,30,33,38H,8,12-13,15H2,1-4H3,(H,34,39)/b10-7+,18-14+/t17-,23-,25-,28-,30+,32+/m0/s1. The van der Waals surface area contributed by atoms with Crippen LogP contribution in [0.15, 0.2) is 65.4 Å². The number of benzene rings is 1. The van der Waals surface area contributed by atoms with Crippen LogP contribution in [0.5, 0.6) is 0 Å². The number of carbonyl (C=O) groups is 4. The Morgan fingerprint density at radius 2 is 1.77 bits per heavy atom. The fraction of sp³-hybridized carbons (Fsp3) is 0.438. The van der Waals surface area contributed by atoms with Gasteiger partial charge in [0.1, 0.15) is 11.2 Å². The molecule has 2 heterocycles. The van der Waals surface area contributed by atoms with Crippen molar-refractivity contribution in [2.24, 2.45) is 23.2 Å². The van der Waals surface area contributed by atoms with Crippen LogP contribution in [-0.4, -0.2) is 45.5 Å². The molecule has 1 amide bonds. The number of nitrogens with one attached hydrogen (secondary N) is 2. The van der Waals surface area contributed by atoms with Gasteiger partial charge in [0, 0.05) is 47.8 Å². The first-order chi connectivity index (χ1) is 18.6. The zero-order chi connectivity index (χ0) is 28.1. The molecule has 7 heteroatoms. The molecular weight excluding hydrogens is 492 g/mol. The largest absolute Gasteiger partial charge is 0.388 e. The number of ketones is 3. The minimum absolute atomic E-state index is 0.0349. The fourth-order valence-corrected chi connectivity index (χ4v) is 7.06. The van der Waals surface area contributed by atoms with Crippen molar-refractivity contribution in [1.29, 1.82) is 0 Å². The first kappa shape index (κ1) is 27.0. The zero-order valence-electron chi connectivity index (χ0n) is 22.9. The summed E-state index contributed by atoms with van der Waals surface area (Å²) in [4.78, 5) is 57.0. The van der Waals surface area contributed by atoms with E-state index in [2.05, 4.69) is 10.3 Å². The van der Waals surface area contributed by atoms with Crippen LogP contribution < -0.4 is 5.32 Å². The summed E-state index contributed by atoms with van der Waals surface area (Å²) in [7, 11) is 0. The first-order valence-electron chi connectivity index (χ1n) is 13.7. The summed E-state index contributed by atoms with van der Waals surface area (Å²) < 4.78 is 0. The lowest BCUT2D eigenvalue weighted by Crippen LogP contribution is -2.55. The molecule has 1 fully saturated rings. The molecule has 0 unspecified atom stereocenters. The Hall–Kier alpha value is -3.58. The quantitative estimate of drug-likeness (QED) is 0.307. The highest BCUT2D eigenvalue weighted by molar-refractivity contribution is 6.43. The second-order valence-corrected chi connectivity index (χ2v) is 11.5. The minimum Gasteiger partial charge on any atom is -0.388 e. The molecule has 1 saturated heterocycles. The van der Waals surface area contributed by atoms with Crippen LogP contribution in [0, 0.1) is 23.2 Å². The highest BCUT2D eigenvalue weighted by Gasteiger charge is 2.66. The Kier molecular flexibility index (Phi) is 7.06. The summed E-state index contributed by atoms with van der Waals surface area (Å²) in [5.74, 6) is -3.36. The monoisotopic (exact) mass is 528 g/mol. The lowest BCUT2D eigenvalue weighted by atomic mass is 9.54. The molecule has 1 aromatic heterocycles. The molecule has 204 valence electrons. The van der Waals surface area contributed by atoms with Gasteiger partial charge in [-0.1, -0.05) is 48.9 Å². The number of Topliss-reactive ketones (excluding diaryl/α,β-unsaturated/α-hetero) is 3. The van der Waals surface area contributed by atoms with Gasteiger partial charge in [-0.25, -0.2) is 0 Å². The number of hydrogen-bond donors (Lipinski definition) is 3. The summed E-state index contributed by atoms with van der Waals surface area (Å²) >= 11 is 0. The molecule has 3 aliphatic rings. The second-order valence-electron chi connectivity index (χ2n) is 11.5. The van der Waals surface area contributed by atoms with Crippen molar-refractivity contribution >= 4 is 34.2 Å². The van der Waals surface area contributed by atoms with Crippen LogP contribution in [-0.2, 0) is 25.6 Å². The van der Waals surface area contributed by atoms with Crippen LogP contribution in [0.25, 0.3) is 10.9 Å². The van der Waals surface area contributed by atoms with E-state index in [0.29, 0.717) is 18.4 Å². The number of aromatic amines is 1. The van der Waals surface area contributed by atoms with Gasteiger partial charge < -0.3 is 15.4 Å². The molecule has 0 saturated carbocycles. The number of rotatable bonds is 2. The highest BCUT2D eigenvalue weighted by atomic mass is 16.3. The Labute approximate surface area is 228 Å². The summed E-state index contributed by atoms with van der Waals surface area (Å²) in [5.41, 5.74) is 2.41. The van der Waals surface area contributed by atoms with Crippen LogP contribution >= 0.6 is 0 Å². The van der Waals surface area contributed by atoms with E-state index in [1.807, 2.05) is 63.4 Å². The number of hydrogen-bond acceptors (Lipinski definition) is 5. The normalized spacial score (nSPS) is 34.4. The number of aromatic nitrogens is 1. The predicted octanol–water partition coefficient (Wildman–Crippen LogP) is 4.17. The van der Waals surface area contributed by atoms with Gasteiger partial charge in [-0.2, -0.15) is 0 Å². The Morgan fingerprint density at radius 1 is 1.03 bits per heavy atom. The van der Waals surface area contributed by atoms with Gasteiger partial charge in [0.2, 0.25) is 17.5 Å².